The minimum atomic E-state index is -0.227. The molecule has 0 amide bonds. The molecule has 0 bridgehead atoms. The number of aromatic nitrogens is 1. The molecule has 2 unspecified atom stereocenters. The summed E-state index contributed by atoms with van der Waals surface area (Å²) in [5.41, 5.74) is 1.04. The average molecular weight is 286 g/mol. The fraction of sp³-hybridized carbons (Fsp3) is 0.500. The molecule has 0 radical (unpaired) electrons. The van der Waals surface area contributed by atoms with Gasteiger partial charge in [0, 0.05) is 24.4 Å². The fourth-order valence-electron chi connectivity index (χ4n) is 2.97. The molecule has 114 valence electrons. The number of ether oxygens (including phenoxy) is 1. The zero-order chi connectivity index (χ0) is 15.3. The topological polar surface area (TPSA) is 34.2 Å². The van der Waals surface area contributed by atoms with E-state index in [4.69, 9.17) is 4.74 Å². The first kappa shape index (κ1) is 15.9. The smallest absolute Gasteiger partial charge is 0.0845 e. The number of fused-ring (bicyclic) bond motifs is 1. The second-order valence-electron chi connectivity index (χ2n) is 5.53. The van der Waals surface area contributed by atoms with Gasteiger partial charge in [-0.15, -0.1) is 0 Å². The van der Waals surface area contributed by atoms with Gasteiger partial charge in [0.2, 0.25) is 0 Å². The van der Waals surface area contributed by atoms with E-state index in [0.717, 1.165) is 19.6 Å². The molecule has 2 aromatic rings. The first-order chi connectivity index (χ1) is 10.2. The quantitative estimate of drug-likeness (QED) is 0.832. The number of rotatable bonds is 7. The van der Waals surface area contributed by atoms with Crippen LogP contribution in [-0.2, 0) is 4.74 Å². The van der Waals surface area contributed by atoms with Gasteiger partial charge in [0.15, 0.2) is 0 Å². The van der Waals surface area contributed by atoms with E-state index in [1.807, 2.05) is 12.4 Å². The predicted molar refractivity (Wildman–Crippen MR) is 88.5 cm³/mol. The van der Waals surface area contributed by atoms with Gasteiger partial charge in [0.25, 0.3) is 0 Å². The van der Waals surface area contributed by atoms with Gasteiger partial charge in [-0.2, -0.15) is 0 Å². The summed E-state index contributed by atoms with van der Waals surface area (Å²) in [4.78, 5) is 4.30. The van der Waals surface area contributed by atoms with Gasteiger partial charge in [-0.1, -0.05) is 32.0 Å². The van der Waals surface area contributed by atoms with Crippen LogP contribution in [0.15, 0.2) is 36.7 Å². The number of nitrogens with zero attached hydrogens (tertiary/aromatic N) is 1. The molecule has 21 heavy (non-hydrogen) atoms. The lowest BCUT2D eigenvalue weighted by molar-refractivity contribution is -0.0556. The molecule has 3 nitrogen and oxygen atoms in total. The van der Waals surface area contributed by atoms with E-state index in [1.165, 1.54) is 16.3 Å². The second kappa shape index (κ2) is 7.01. The maximum Gasteiger partial charge on any atom is 0.0845 e. The van der Waals surface area contributed by atoms with Crippen molar-refractivity contribution in [3.05, 3.63) is 42.2 Å². The van der Waals surface area contributed by atoms with E-state index in [2.05, 4.69) is 62.3 Å². The molecule has 1 aromatic heterocycles. The number of hydrogen-bond acceptors (Lipinski definition) is 3. The van der Waals surface area contributed by atoms with Gasteiger partial charge >= 0.3 is 0 Å². The molecule has 0 saturated heterocycles. The van der Waals surface area contributed by atoms with E-state index in [0.29, 0.717) is 0 Å². The summed E-state index contributed by atoms with van der Waals surface area (Å²) in [5.74, 6) is 0. The summed E-state index contributed by atoms with van der Waals surface area (Å²) in [6, 6.07) is 8.65. The number of nitrogens with one attached hydrogen (secondary N) is 1. The van der Waals surface area contributed by atoms with Crippen LogP contribution in [0, 0.1) is 0 Å². The Morgan fingerprint density at radius 1 is 1.24 bits per heavy atom. The summed E-state index contributed by atoms with van der Waals surface area (Å²) >= 11 is 0. The SMILES string of the molecule is CCNC(c1cccc2ccncc12)C(C)(CC)OCC. The molecule has 1 aromatic carbocycles. The summed E-state index contributed by atoms with van der Waals surface area (Å²) in [7, 11) is 0. The van der Waals surface area contributed by atoms with Crippen molar-refractivity contribution in [2.24, 2.45) is 0 Å². The molecular weight excluding hydrogens is 260 g/mol. The second-order valence-corrected chi connectivity index (χ2v) is 5.53. The molecule has 0 aliphatic rings. The summed E-state index contributed by atoms with van der Waals surface area (Å²) in [6.07, 6.45) is 4.75. The lowest BCUT2D eigenvalue weighted by atomic mass is 9.85. The van der Waals surface area contributed by atoms with Crippen LogP contribution in [0.5, 0.6) is 0 Å². The molecule has 0 fully saturated rings. The van der Waals surface area contributed by atoms with Gasteiger partial charge in [-0.3, -0.25) is 4.98 Å². The van der Waals surface area contributed by atoms with Crippen LogP contribution in [0.1, 0.15) is 45.7 Å². The highest BCUT2D eigenvalue weighted by Crippen LogP contribution is 2.35. The number of likely N-dealkylation sites (N-methyl/N-ethyl adjacent to an activating group) is 1. The Morgan fingerprint density at radius 2 is 2.05 bits per heavy atom. The van der Waals surface area contributed by atoms with Gasteiger partial charge in [-0.25, -0.2) is 0 Å². The third kappa shape index (κ3) is 3.25. The Kier molecular flexibility index (Phi) is 5.32. The molecule has 0 saturated carbocycles. The third-order valence-corrected chi connectivity index (χ3v) is 4.22. The van der Waals surface area contributed by atoms with Crippen LogP contribution < -0.4 is 5.32 Å². The lowest BCUT2D eigenvalue weighted by Gasteiger charge is -2.38. The minimum absolute atomic E-state index is 0.153. The highest BCUT2D eigenvalue weighted by molar-refractivity contribution is 5.85. The fourth-order valence-corrected chi connectivity index (χ4v) is 2.97. The number of pyridine rings is 1. The normalized spacial score (nSPS) is 15.8. The predicted octanol–water partition coefficient (Wildman–Crippen LogP) is 4.09. The van der Waals surface area contributed by atoms with Crippen molar-refractivity contribution < 1.29 is 4.74 Å². The Labute approximate surface area is 127 Å². The molecule has 2 atom stereocenters. The molecule has 1 N–H and O–H groups in total. The number of benzene rings is 1. The minimum Gasteiger partial charge on any atom is -0.374 e. The van der Waals surface area contributed by atoms with Crippen LogP contribution >= 0.6 is 0 Å². The molecule has 2 rings (SSSR count). The molecule has 0 spiro atoms. The van der Waals surface area contributed by atoms with Crippen LogP contribution in [0.3, 0.4) is 0 Å². The highest BCUT2D eigenvalue weighted by atomic mass is 16.5. The summed E-state index contributed by atoms with van der Waals surface area (Å²) in [6.45, 7) is 10.2. The lowest BCUT2D eigenvalue weighted by Crippen LogP contribution is -2.43. The van der Waals surface area contributed by atoms with Crippen molar-refractivity contribution in [2.75, 3.05) is 13.2 Å². The van der Waals surface area contributed by atoms with Crippen molar-refractivity contribution in [3.8, 4) is 0 Å². The van der Waals surface area contributed by atoms with Gasteiger partial charge in [-0.05, 0) is 43.8 Å². The van der Waals surface area contributed by atoms with E-state index in [9.17, 15) is 0 Å². The van der Waals surface area contributed by atoms with Crippen molar-refractivity contribution in [2.45, 2.75) is 45.8 Å². The Bertz CT molecular complexity index is 579. The van der Waals surface area contributed by atoms with Crippen molar-refractivity contribution in [3.63, 3.8) is 0 Å². The highest BCUT2D eigenvalue weighted by Gasteiger charge is 2.34. The van der Waals surface area contributed by atoms with Crippen LogP contribution in [-0.4, -0.2) is 23.7 Å². The van der Waals surface area contributed by atoms with Gasteiger partial charge < -0.3 is 10.1 Å². The third-order valence-electron chi connectivity index (χ3n) is 4.22. The van der Waals surface area contributed by atoms with E-state index in [-0.39, 0.29) is 11.6 Å². The summed E-state index contributed by atoms with van der Waals surface area (Å²) < 4.78 is 6.11. The first-order valence-corrected chi connectivity index (χ1v) is 7.86. The van der Waals surface area contributed by atoms with E-state index in [1.54, 1.807) is 0 Å². The Balaban J connectivity index is 2.54. The molecule has 0 aliphatic heterocycles. The molecule has 0 aliphatic carbocycles. The molecular formula is C18H26N2O. The van der Waals surface area contributed by atoms with Gasteiger partial charge in [0.1, 0.15) is 0 Å². The largest absolute Gasteiger partial charge is 0.374 e. The van der Waals surface area contributed by atoms with Crippen LogP contribution in [0.4, 0.5) is 0 Å². The van der Waals surface area contributed by atoms with E-state index < -0.39 is 0 Å². The maximum atomic E-state index is 6.11. The zero-order valence-electron chi connectivity index (χ0n) is 13.5. The molecule has 3 heteroatoms. The summed E-state index contributed by atoms with van der Waals surface area (Å²) in [5, 5.41) is 6.04. The Hall–Kier alpha value is -1.45. The maximum absolute atomic E-state index is 6.11. The van der Waals surface area contributed by atoms with Crippen LogP contribution in [0.25, 0.3) is 10.8 Å². The number of hydrogen-bond donors (Lipinski definition) is 1. The van der Waals surface area contributed by atoms with E-state index >= 15 is 0 Å². The van der Waals surface area contributed by atoms with Crippen LogP contribution in [0.2, 0.25) is 0 Å². The van der Waals surface area contributed by atoms with Crippen molar-refractivity contribution in [1.29, 1.82) is 0 Å². The van der Waals surface area contributed by atoms with Crippen molar-refractivity contribution >= 4 is 10.8 Å². The first-order valence-electron chi connectivity index (χ1n) is 7.86. The Morgan fingerprint density at radius 3 is 2.71 bits per heavy atom. The zero-order valence-corrected chi connectivity index (χ0v) is 13.5. The van der Waals surface area contributed by atoms with Gasteiger partial charge in [0.05, 0.1) is 11.6 Å². The molecule has 1 heterocycles. The monoisotopic (exact) mass is 286 g/mol. The van der Waals surface area contributed by atoms with Crippen molar-refractivity contribution in [1.82, 2.24) is 10.3 Å². The average Bonchev–Trinajstić information content (AvgIpc) is 2.52. The standard InChI is InChI=1S/C18H26N2O/c1-5-18(4,21-7-3)17(20-6-2)15-10-8-9-14-11-12-19-13-16(14)15/h8-13,17,20H,5-7H2,1-4H3.